The summed E-state index contributed by atoms with van der Waals surface area (Å²) in [4.78, 5) is 14.5. The number of methoxy groups -OCH3 is 2. The number of aromatic nitrogens is 1. The minimum Gasteiger partial charge on any atom is -0.493 e. The monoisotopic (exact) mass is 348 g/mol. The number of nitrogens with zero attached hydrogens (tertiary/aromatic N) is 2. The van der Waals surface area contributed by atoms with Crippen molar-refractivity contribution < 1.29 is 9.47 Å². The Morgan fingerprint density at radius 3 is 2.67 bits per heavy atom. The molecule has 6 heteroatoms. The van der Waals surface area contributed by atoms with Crippen molar-refractivity contribution in [2.45, 2.75) is 32.4 Å². The summed E-state index contributed by atoms with van der Waals surface area (Å²) in [5.41, 5.74) is 2.30. The molecule has 0 unspecified atom stereocenters. The van der Waals surface area contributed by atoms with Crippen molar-refractivity contribution in [1.29, 1.82) is 0 Å². The number of thiazole rings is 1. The maximum atomic E-state index is 11.9. The Balaban J connectivity index is 1.75. The van der Waals surface area contributed by atoms with Gasteiger partial charge in [0.15, 0.2) is 11.5 Å². The van der Waals surface area contributed by atoms with E-state index in [1.165, 1.54) is 23.3 Å². The van der Waals surface area contributed by atoms with Crippen LogP contribution in [0, 0.1) is 6.92 Å². The van der Waals surface area contributed by atoms with Gasteiger partial charge in [0.1, 0.15) is 0 Å². The molecule has 0 aliphatic carbocycles. The molecule has 1 aliphatic heterocycles. The lowest BCUT2D eigenvalue weighted by atomic mass is 10.0. The highest BCUT2D eigenvalue weighted by molar-refractivity contribution is 7.07. The van der Waals surface area contributed by atoms with Crippen LogP contribution in [0.1, 0.15) is 30.1 Å². The average molecular weight is 348 g/mol. The van der Waals surface area contributed by atoms with Crippen molar-refractivity contribution in [3.8, 4) is 11.5 Å². The van der Waals surface area contributed by atoms with Gasteiger partial charge in [-0.25, -0.2) is 0 Å². The Morgan fingerprint density at radius 2 is 2.00 bits per heavy atom. The highest BCUT2D eigenvalue weighted by Gasteiger charge is 2.26. The first-order valence-electron chi connectivity index (χ1n) is 8.25. The largest absolute Gasteiger partial charge is 0.493 e. The van der Waals surface area contributed by atoms with E-state index in [0.717, 1.165) is 43.2 Å². The lowest BCUT2D eigenvalue weighted by Crippen LogP contribution is -2.29. The van der Waals surface area contributed by atoms with Crippen LogP contribution >= 0.6 is 11.3 Å². The Morgan fingerprint density at radius 1 is 1.21 bits per heavy atom. The number of ether oxygens (including phenoxy) is 2. The molecular formula is C18H24N2O3S. The van der Waals surface area contributed by atoms with Crippen LogP contribution < -0.4 is 14.3 Å². The fourth-order valence-corrected chi connectivity index (χ4v) is 4.20. The zero-order valence-electron chi connectivity index (χ0n) is 14.4. The Bertz CT molecular complexity index is 753. The number of rotatable bonds is 6. The molecule has 1 aliphatic rings. The molecule has 2 aromatic rings. The summed E-state index contributed by atoms with van der Waals surface area (Å²) in [6.45, 7) is 4.69. The summed E-state index contributed by atoms with van der Waals surface area (Å²) >= 11 is 1.28. The second-order valence-corrected chi connectivity index (χ2v) is 6.92. The molecule has 0 spiro atoms. The molecule has 130 valence electrons. The predicted molar refractivity (Wildman–Crippen MR) is 96.4 cm³/mol. The van der Waals surface area contributed by atoms with E-state index >= 15 is 0 Å². The maximum absolute atomic E-state index is 11.9. The normalized spacial score (nSPS) is 18.0. The van der Waals surface area contributed by atoms with Crippen LogP contribution in [0.4, 0.5) is 0 Å². The van der Waals surface area contributed by atoms with Crippen LogP contribution in [0.25, 0.3) is 0 Å². The smallest absolute Gasteiger partial charge is 0.307 e. The van der Waals surface area contributed by atoms with E-state index in [2.05, 4.69) is 17.0 Å². The quantitative estimate of drug-likeness (QED) is 0.805. The maximum Gasteiger partial charge on any atom is 0.307 e. The van der Waals surface area contributed by atoms with Crippen molar-refractivity contribution in [3.05, 3.63) is 44.5 Å². The van der Waals surface area contributed by atoms with Crippen LogP contribution in [0.3, 0.4) is 0 Å². The average Bonchev–Trinajstić information content (AvgIpc) is 3.19. The van der Waals surface area contributed by atoms with Crippen molar-refractivity contribution in [2.75, 3.05) is 27.3 Å². The summed E-state index contributed by atoms with van der Waals surface area (Å²) < 4.78 is 12.6. The number of benzene rings is 1. The fourth-order valence-electron chi connectivity index (χ4n) is 3.43. The lowest BCUT2D eigenvalue weighted by molar-refractivity contribution is 0.245. The van der Waals surface area contributed by atoms with Crippen molar-refractivity contribution in [2.24, 2.45) is 0 Å². The Hall–Kier alpha value is -1.79. The third kappa shape index (κ3) is 3.35. The summed E-state index contributed by atoms with van der Waals surface area (Å²) in [7, 11) is 3.32. The molecule has 1 fully saturated rings. The van der Waals surface area contributed by atoms with Crippen molar-refractivity contribution in [1.82, 2.24) is 9.47 Å². The van der Waals surface area contributed by atoms with E-state index in [1.807, 2.05) is 22.9 Å². The van der Waals surface area contributed by atoms with Gasteiger partial charge >= 0.3 is 4.87 Å². The van der Waals surface area contributed by atoms with Gasteiger partial charge < -0.3 is 14.0 Å². The van der Waals surface area contributed by atoms with Crippen LogP contribution in [0.15, 0.2) is 28.4 Å². The molecule has 0 N–H and O–H groups in total. The summed E-state index contributed by atoms with van der Waals surface area (Å²) in [5.74, 6) is 1.53. The molecule has 1 aromatic carbocycles. The first-order valence-corrected chi connectivity index (χ1v) is 9.13. The molecule has 1 saturated heterocycles. The van der Waals surface area contributed by atoms with Gasteiger partial charge in [0.2, 0.25) is 0 Å². The Labute approximate surface area is 146 Å². The molecule has 5 nitrogen and oxygen atoms in total. The van der Waals surface area contributed by atoms with Crippen molar-refractivity contribution >= 4 is 11.3 Å². The molecule has 1 aromatic heterocycles. The highest BCUT2D eigenvalue weighted by Crippen LogP contribution is 2.36. The van der Waals surface area contributed by atoms with Crippen molar-refractivity contribution in [3.63, 3.8) is 0 Å². The van der Waals surface area contributed by atoms with E-state index in [0.29, 0.717) is 6.04 Å². The van der Waals surface area contributed by atoms with Gasteiger partial charge in [-0.15, -0.1) is 0 Å². The zero-order valence-corrected chi connectivity index (χ0v) is 15.3. The summed E-state index contributed by atoms with van der Waals surface area (Å²) in [5, 5.41) is 1.93. The number of hydrogen-bond acceptors (Lipinski definition) is 5. The predicted octanol–water partition coefficient (Wildman–Crippen LogP) is 3.07. The number of likely N-dealkylation sites (tertiary alicyclic amines) is 1. The molecule has 0 saturated carbocycles. The fraction of sp³-hybridized carbons (Fsp3) is 0.500. The number of hydrogen-bond donors (Lipinski definition) is 0. The van der Waals surface area contributed by atoms with Crippen LogP contribution in [-0.4, -0.2) is 36.8 Å². The summed E-state index contributed by atoms with van der Waals surface area (Å²) in [6.07, 6.45) is 2.31. The third-order valence-electron chi connectivity index (χ3n) is 4.74. The highest BCUT2D eigenvalue weighted by atomic mass is 32.1. The standard InChI is InChI=1S/C18H24N2O3S/c1-13-12-24-18(21)20(13)10-9-19-8-4-5-15(19)14-6-7-16(22-2)17(11-14)23-3/h6-7,11-12,15H,4-5,8-10H2,1-3H3/t15-/m0/s1. The Kier molecular flexibility index (Phi) is 5.26. The SMILES string of the molecule is COc1ccc([C@@H]2CCCN2CCn2c(C)csc2=O)cc1OC. The minimum atomic E-state index is 0.134. The molecule has 0 bridgehead atoms. The van der Waals surface area contributed by atoms with E-state index in [1.54, 1.807) is 14.2 Å². The van der Waals surface area contributed by atoms with E-state index in [9.17, 15) is 4.79 Å². The zero-order chi connectivity index (χ0) is 17.1. The first kappa shape index (κ1) is 17.0. The molecule has 24 heavy (non-hydrogen) atoms. The minimum absolute atomic E-state index is 0.134. The van der Waals surface area contributed by atoms with Gasteiger partial charge in [-0.2, -0.15) is 0 Å². The molecule has 1 atom stereocenters. The van der Waals surface area contributed by atoms with Crippen LogP contribution in [0.2, 0.25) is 0 Å². The first-order chi connectivity index (χ1) is 11.6. The second-order valence-electron chi connectivity index (χ2n) is 6.10. The van der Waals surface area contributed by atoms with E-state index < -0.39 is 0 Å². The van der Waals surface area contributed by atoms with Gasteiger partial charge in [-0.1, -0.05) is 17.4 Å². The molecule has 0 radical (unpaired) electrons. The van der Waals surface area contributed by atoms with Gasteiger partial charge in [-0.05, 0) is 44.0 Å². The lowest BCUT2D eigenvalue weighted by Gasteiger charge is -2.25. The van der Waals surface area contributed by atoms with E-state index in [-0.39, 0.29) is 4.87 Å². The van der Waals surface area contributed by atoms with Gasteiger partial charge in [0.05, 0.1) is 14.2 Å². The molecule has 3 rings (SSSR count). The topological polar surface area (TPSA) is 43.7 Å². The third-order valence-corrected chi connectivity index (χ3v) is 5.62. The molecular weight excluding hydrogens is 324 g/mol. The number of aryl methyl sites for hydroxylation is 1. The van der Waals surface area contributed by atoms with Gasteiger partial charge in [-0.3, -0.25) is 9.69 Å². The molecule has 2 heterocycles. The van der Waals surface area contributed by atoms with Gasteiger partial charge in [0.25, 0.3) is 0 Å². The summed E-state index contributed by atoms with van der Waals surface area (Å²) in [6, 6.07) is 6.54. The van der Waals surface area contributed by atoms with Gasteiger partial charge in [0, 0.05) is 30.2 Å². The van der Waals surface area contributed by atoms with Crippen LogP contribution in [0.5, 0.6) is 11.5 Å². The molecule has 0 amide bonds. The second kappa shape index (κ2) is 7.40. The van der Waals surface area contributed by atoms with Crippen LogP contribution in [-0.2, 0) is 6.54 Å². The van der Waals surface area contributed by atoms with E-state index in [4.69, 9.17) is 9.47 Å².